The van der Waals surface area contributed by atoms with Gasteiger partial charge in [0.25, 0.3) is 0 Å². The van der Waals surface area contributed by atoms with E-state index in [1.807, 2.05) is 24.3 Å². The van der Waals surface area contributed by atoms with Gasteiger partial charge < -0.3 is 5.32 Å². The normalized spacial score (nSPS) is 10.3. The zero-order valence-electron chi connectivity index (χ0n) is 11.2. The third-order valence-electron chi connectivity index (χ3n) is 2.83. The molecule has 2 aromatic rings. The van der Waals surface area contributed by atoms with Crippen LogP contribution in [0.4, 0.5) is 10.1 Å². The summed E-state index contributed by atoms with van der Waals surface area (Å²) in [5, 5.41) is 2.84. The Hall–Kier alpha value is -1.81. The molecule has 20 heavy (non-hydrogen) atoms. The second-order valence-corrected chi connectivity index (χ2v) is 5.39. The van der Waals surface area contributed by atoms with Crippen LogP contribution >= 0.6 is 11.8 Å². The maximum Gasteiger partial charge on any atom is 0.234 e. The molecule has 1 N–H and O–H groups in total. The molecular weight excluding hydrogens is 273 g/mol. The predicted molar refractivity (Wildman–Crippen MR) is 81.6 cm³/mol. The smallest absolute Gasteiger partial charge is 0.234 e. The molecule has 0 unspecified atom stereocenters. The number of benzene rings is 2. The molecule has 104 valence electrons. The highest BCUT2D eigenvalue weighted by Gasteiger charge is 2.04. The van der Waals surface area contributed by atoms with Crippen LogP contribution < -0.4 is 5.32 Å². The van der Waals surface area contributed by atoms with E-state index in [4.69, 9.17) is 0 Å². The van der Waals surface area contributed by atoms with Crippen LogP contribution in [0, 0.1) is 5.82 Å². The van der Waals surface area contributed by atoms with Crippen LogP contribution in [0.15, 0.2) is 53.4 Å². The number of carbonyl (C=O) groups is 1. The van der Waals surface area contributed by atoms with E-state index in [9.17, 15) is 9.18 Å². The van der Waals surface area contributed by atoms with E-state index in [-0.39, 0.29) is 11.7 Å². The first-order valence-electron chi connectivity index (χ1n) is 6.44. The van der Waals surface area contributed by atoms with Gasteiger partial charge in [0.1, 0.15) is 5.82 Å². The third kappa shape index (κ3) is 4.38. The van der Waals surface area contributed by atoms with Crippen molar-refractivity contribution in [2.45, 2.75) is 18.2 Å². The minimum atomic E-state index is -0.269. The third-order valence-corrected chi connectivity index (χ3v) is 3.84. The number of hydrogen-bond acceptors (Lipinski definition) is 2. The van der Waals surface area contributed by atoms with Crippen LogP contribution in [-0.2, 0) is 11.2 Å². The van der Waals surface area contributed by atoms with Crippen LogP contribution in [0.5, 0.6) is 0 Å². The fraction of sp³-hybridized carbons (Fsp3) is 0.188. The van der Waals surface area contributed by atoms with E-state index in [0.29, 0.717) is 5.75 Å². The number of anilines is 1. The largest absolute Gasteiger partial charge is 0.325 e. The topological polar surface area (TPSA) is 29.1 Å². The molecule has 0 atom stereocenters. The Bertz CT molecular complexity index is 566. The Kier molecular flexibility index (Phi) is 5.18. The van der Waals surface area contributed by atoms with Gasteiger partial charge in [-0.1, -0.05) is 19.1 Å². The van der Waals surface area contributed by atoms with Crippen molar-refractivity contribution in [2.24, 2.45) is 0 Å². The van der Waals surface area contributed by atoms with Gasteiger partial charge in [-0.05, 0) is 48.4 Å². The molecule has 4 heteroatoms. The van der Waals surface area contributed by atoms with Gasteiger partial charge in [-0.3, -0.25) is 4.79 Å². The molecule has 0 radical (unpaired) electrons. The molecule has 0 aliphatic rings. The first-order chi connectivity index (χ1) is 9.67. The van der Waals surface area contributed by atoms with Crippen molar-refractivity contribution >= 4 is 23.4 Å². The lowest BCUT2D eigenvalue weighted by Gasteiger charge is -2.06. The van der Waals surface area contributed by atoms with Crippen molar-refractivity contribution in [3.05, 3.63) is 59.9 Å². The Morgan fingerprint density at radius 1 is 1.10 bits per heavy atom. The molecular formula is C16H16FNOS. The van der Waals surface area contributed by atoms with Gasteiger partial charge >= 0.3 is 0 Å². The van der Waals surface area contributed by atoms with Crippen molar-refractivity contribution in [3.63, 3.8) is 0 Å². The SMILES string of the molecule is CCc1ccc(NC(=O)CSc2ccc(F)cc2)cc1. The number of halogens is 1. The monoisotopic (exact) mass is 289 g/mol. The lowest BCUT2D eigenvalue weighted by molar-refractivity contribution is -0.113. The lowest BCUT2D eigenvalue weighted by Crippen LogP contribution is -2.13. The molecule has 0 aromatic heterocycles. The number of rotatable bonds is 5. The number of carbonyl (C=O) groups excluding carboxylic acids is 1. The fourth-order valence-electron chi connectivity index (χ4n) is 1.70. The first-order valence-corrected chi connectivity index (χ1v) is 7.43. The van der Waals surface area contributed by atoms with Crippen LogP contribution in [0.2, 0.25) is 0 Å². The van der Waals surface area contributed by atoms with E-state index in [0.717, 1.165) is 17.0 Å². The van der Waals surface area contributed by atoms with Crippen molar-refractivity contribution in [1.82, 2.24) is 0 Å². The fourth-order valence-corrected chi connectivity index (χ4v) is 2.40. The van der Waals surface area contributed by atoms with Crippen LogP contribution in [0.25, 0.3) is 0 Å². The number of hydrogen-bond donors (Lipinski definition) is 1. The van der Waals surface area contributed by atoms with Crippen molar-refractivity contribution in [1.29, 1.82) is 0 Å². The van der Waals surface area contributed by atoms with E-state index < -0.39 is 0 Å². The van der Waals surface area contributed by atoms with Gasteiger partial charge in [0, 0.05) is 10.6 Å². The van der Waals surface area contributed by atoms with Crippen molar-refractivity contribution < 1.29 is 9.18 Å². The lowest BCUT2D eigenvalue weighted by atomic mass is 10.1. The molecule has 0 fully saturated rings. The molecule has 0 bridgehead atoms. The zero-order chi connectivity index (χ0) is 14.4. The first kappa shape index (κ1) is 14.6. The quantitative estimate of drug-likeness (QED) is 0.839. The predicted octanol–water partition coefficient (Wildman–Crippen LogP) is 4.12. The summed E-state index contributed by atoms with van der Waals surface area (Å²) in [5.41, 5.74) is 2.04. The molecule has 2 aromatic carbocycles. The number of thioether (sulfide) groups is 1. The van der Waals surface area contributed by atoms with Crippen molar-refractivity contribution in [3.8, 4) is 0 Å². The second kappa shape index (κ2) is 7.10. The summed E-state index contributed by atoms with van der Waals surface area (Å²) in [4.78, 5) is 12.7. The molecule has 0 heterocycles. The average molecular weight is 289 g/mol. The second-order valence-electron chi connectivity index (χ2n) is 4.34. The van der Waals surface area contributed by atoms with Crippen LogP contribution in [0.1, 0.15) is 12.5 Å². The summed E-state index contributed by atoms with van der Waals surface area (Å²) < 4.78 is 12.7. The maximum absolute atomic E-state index is 12.7. The minimum Gasteiger partial charge on any atom is -0.325 e. The van der Waals surface area contributed by atoms with Gasteiger partial charge in [0.2, 0.25) is 5.91 Å². The molecule has 1 amide bonds. The van der Waals surface area contributed by atoms with Crippen LogP contribution in [-0.4, -0.2) is 11.7 Å². The summed E-state index contributed by atoms with van der Waals surface area (Å²) in [6.07, 6.45) is 0.981. The molecule has 2 nitrogen and oxygen atoms in total. The van der Waals surface area contributed by atoms with E-state index in [1.54, 1.807) is 12.1 Å². The summed E-state index contributed by atoms with van der Waals surface area (Å²) in [6.45, 7) is 2.09. The molecule has 0 saturated carbocycles. The highest BCUT2D eigenvalue weighted by atomic mass is 32.2. The summed E-state index contributed by atoms with van der Waals surface area (Å²) in [7, 11) is 0. The summed E-state index contributed by atoms with van der Waals surface area (Å²) in [6, 6.07) is 13.9. The number of nitrogens with one attached hydrogen (secondary N) is 1. The highest BCUT2D eigenvalue weighted by molar-refractivity contribution is 8.00. The zero-order valence-corrected chi connectivity index (χ0v) is 12.0. The molecule has 0 aliphatic carbocycles. The van der Waals surface area contributed by atoms with Crippen molar-refractivity contribution in [2.75, 3.05) is 11.1 Å². The number of amides is 1. The Morgan fingerprint density at radius 3 is 2.35 bits per heavy atom. The van der Waals surface area contributed by atoms with E-state index >= 15 is 0 Å². The standard InChI is InChI=1S/C16H16FNOS/c1-2-12-3-7-14(8-4-12)18-16(19)11-20-15-9-5-13(17)6-10-15/h3-10H,2,11H2,1H3,(H,18,19). The number of aryl methyl sites for hydroxylation is 1. The Morgan fingerprint density at radius 2 is 1.75 bits per heavy atom. The van der Waals surface area contributed by atoms with Gasteiger partial charge in [-0.25, -0.2) is 4.39 Å². The summed E-state index contributed by atoms with van der Waals surface area (Å²) in [5.74, 6) is -0.0281. The van der Waals surface area contributed by atoms with Gasteiger partial charge in [-0.2, -0.15) is 0 Å². The Labute approximate surface area is 122 Å². The molecule has 2 rings (SSSR count). The average Bonchev–Trinajstić information content (AvgIpc) is 2.47. The summed E-state index contributed by atoms with van der Waals surface area (Å²) >= 11 is 1.39. The van der Waals surface area contributed by atoms with Crippen LogP contribution in [0.3, 0.4) is 0 Å². The van der Waals surface area contributed by atoms with E-state index in [1.165, 1.54) is 29.5 Å². The van der Waals surface area contributed by atoms with Gasteiger partial charge in [-0.15, -0.1) is 11.8 Å². The molecule has 0 spiro atoms. The van der Waals surface area contributed by atoms with Gasteiger partial charge in [0.15, 0.2) is 0 Å². The van der Waals surface area contributed by atoms with E-state index in [2.05, 4.69) is 12.2 Å². The molecule has 0 aliphatic heterocycles. The highest BCUT2D eigenvalue weighted by Crippen LogP contribution is 2.18. The van der Waals surface area contributed by atoms with Gasteiger partial charge in [0.05, 0.1) is 5.75 Å². The Balaban J connectivity index is 1.84. The maximum atomic E-state index is 12.7. The molecule has 0 saturated heterocycles. The minimum absolute atomic E-state index is 0.0661.